The Morgan fingerprint density at radius 1 is 1.31 bits per heavy atom. The van der Waals surface area contributed by atoms with Crippen molar-refractivity contribution in [2.75, 3.05) is 30.3 Å². The Morgan fingerprint density at radius 3 is 2.85 bits per heavy atom. The number of carbonyl (C=O) groups is 1. The lowest BCUT2D eigenvalue weighted by atomic mass is 10.1. The predicted molar refractivity (Wildman–Crippen MR) is 106 cm³/mol. The van der Waals surface area contributed by atoms with Crippen LogP contribution in [0.1, 0.15) is 33.1 Å². The zero-order valence-electron chi connectivity index (χ0n) is 15.4. The van der Waals surface area contributed by atoms with E-state index in [1.165, 1.54) is 25.3 Å². The van der Waals surface area contributed by atoms with Gasteiger partial charge in [0, 0.05) is 19.6 Å². The van der Waals surface area contributed by atoms with Crippen LogP contribution < -0.4 is 10.2 Å². The SMILES string of the molecule is CC=CC(=O)NCCn1ncc2c(N3CCCCC3)nc(SCC)nc21. The van der Waals surface area contributed by atoms with Gasteiger partial charge in [-0.2, -0.15) is 5.10 Å². The predicted octanol–water partition coefficient (Wildman–Crippen LogP) is 2.62. The quantitative estimate of drug-likeness (QED) is 0.456. The number of hydrogen-bond donors (Lipinski definition) is 1. The molecule has 0 atom stereocenters. The Kier molecular flexibility index (Phi) is 6.49. The molecule has 1 aliphatic heterocycles. The van der Waals surface area contributed by atoms with E-state index in [4.69, 9.17) is 9.97 Å². The third-order valence-electron chi connectivity index (χ3n) is 4.33. The molecule has 1 aliphatic rings. The van der Waals surface area contributed by atoms with Gasteiger partial charge in [-0.05, 0) is 38.0 Å². The molecular formula is C18H26N6OS. The fourth-order valence-electron chi connectivity index (χ4n) is 3.12. The summed E-state index contributed by atoms with van der Waals surface area (Å²) in [6.07, 6.45) is 8.79. The highest BCUT2D eigenvalue weighted by Gasteiger charge is 2.19. The van der Waals surface area contributed by atoms with E-state index < -0.39 is 0 Å². The first-order valence-corrected chi connectivity index (χ1v) is 10.2. The van der Waals surface area contributed by atoms with Crippen LogP contribution in [0.4, 0.5) is 5.82 Å². The number of fused-ring (bicyclic) bond motifs is 1. The topological polar surface area (TPSA) is 75.9 Å². The van der Waals surface area contributed by atoms with Gasteiger partial charge < -0.3 is 10.2 Å². The minimum atomic E-state index is -0.0881. The summed E-state index contributed by atoms with van der Waals surface area (Å²) in [5.74, 6) is 1.84. The van der Waals surface area contributed by atoms with Crippen molar-refractivity contribution in [1.82, 2.24) is 25.1 Å². The van der Waals surface area contributed by atoms with Crippen molar-refractivity contribution in [1.29, 1.82) is 0 Å². The molecule has 2 aromatic rings. The van der Waals surface area contributed by atoms with E-state index in [1.54, 1.807) is 17.8 Å². The highest BCUT2D eigenvalue weighted by atomic mass is 32.2. The molecule has 0 aliphatic carbocycles. The van der Waals surface area contributed by atoms with E-state index in [-0.39, 0.29) is 5.91 Å². The third-order valence-corrected chi connectivity index (χ3v) is 5.05. The normalized spacial score (nSPS) is 15.1. The van der Waals surface area contributed by atoms with Crippen LogP contribution in [0.25, 0.3) is 11.0 Å². The minimum Gasteiger partial charge on any atom is -0.356 e. The van der Waals surface area contributed by atoms with Gasteiger partial charge in [0.1, 0.15) is 5.82 Å². The second-order valence-corrected chi connectivity index (χ2v) is 7.44. The first kappa shape index (κ1) is 18.7. The van der Waals surface area contributed by atoms with Crippen molar-refractivity contribution in [3.63, 3.8) is 0 Å². The molecule has 0 aromatic carbocycles. The number of aromatic nitrogens is 4. The van der Waals surface area contributed by atoms with Crippen LogP contribution in [0.3, 0.4) is 0 Å². The molecule has 1 amide bonds. The summed E-state index contributed by atoms with van der Waals surface area (Å²) in [4.78, 5) is 23.4. The molecule has 0 unspecified atom stereocenters. The lowest BCUT2D eigenvalue weighted by Crippen LogP contribution is -2.30. The van der Waals surface area contributed by atoms with Crippen molar-refractivity contribution in [2.24, 2.45) is 0 Å². The number of rotatable bonds is 7. The van der Waals surface area contributed by atoms with Crippen LogP contribution in [0.2, 0.25) is 0 Å². The maximum Gasteiger partial charge on any atom is 0.243 e. The summed E-state index contributed by atoms with van der Waals surface area (Å²) in [5, 5.41) is 9.15. The number of allylic oxidation sites excluding steroid dienone is 1. The Morgan fingerprint density at radius 2 is 2.12 bits per heavy atom. The maximum atomic E-state index is 11.6. The van der Waals surface area contributed by atoms with Crippen LogP contribution in [0.5, 0.6) is 0 Å². The van der Waals surface area contributed by atoms with E-state index in [2.05, 4.69) is 22.2 Å². The van der Waals surface area contributed by atoms with Crippen LogP contribution >= 0.6 is 11.8 Å². The van der Waals surface area contributed by atoms with Crippen LogP contribution in [0.15, 0.2) is 23.5 Å². The van der Waals surface area contributed by atoms with Crippen molar-refractivity contribution in [3.05, 3.63) is 18.3 Å². The van der Waals surface area contributed by atoms with E-state index in [0.717, 1.165) is 40.9 Å². The van der Waals surface area contributed by atoms with Gasteiger partial charge in [-0.25, -0.2) is 14.6 Å². The van der Waals surface area contributed by atoms with E-state index in [0.29, 0.717) is 13.1 Å². The maximum absolute atomic E-state index is 11.6. The number of nitrogens with zero attached hydrogens (tertiary/aromatic N) is 5. The van der Waals surface area contributed by atoms with Crippen LogP contribution in [-0.2, 0) is 11.3 Å². The summed E-state index contributed by atoms with van der Waals surface area (Å²) >= 11 is 1.65. The number of piperidine rings is 1. The highest BCUT2D eigenvalue weighted by Crippen LogP contribution is 2.29. The largest absolute Gasteiger partial charge is 0.356 e. The molecule has 0 bridgehead atoms. The second kappa shape index (κ2) is 9.02. The molecule has 0 radical (unpaired) electrons. The number of amides is 1. The van der Waals surface area contributed by atoms with E-state index in [1.807, 2.05) is 17.8 Å². The van der Waals surface area contributed by atoms with Gasteiger partial charge >= 0.3 is 0 Å². The van der Waals surface area contributed by atoms with Gasteiger partial charge in [0.15, 0.2) is 10.8 Å². The van der Waals surface area contributed by atoms with Crippen LogP contribution in [0, 0.1) is 0 Å². The molecule has 1 saturated heterocycles. The molecular weight excluding hydrogens is 348 g/mol. The Balaban J connectivity index is 1.85. The number of anilines is 1. The van der Waals surface area contributed by atoms with Gasteiger partial charge in [0.25, 0.3) is 0 Å². The summed E-state index contributed by atoms with van der Waals surface area (Å²) in [6, 6.07) is 0. The summed E-state index contributed by atoms with van der Waals surface area (Å²) in [6.45, 7) is 7.10. The average Bonchev–Trinajstić information content (AvgIpc) is 3.05. The van der Waals surface area contributed by atoms with Gasteiger partial charge in [-0.1, -0.05) is 24.8 Å². The molecule has 8 heteroatoms. The Hall–Kier alpha value is -2.09. The van der Waals surface area contributed by atoms with Gasteiger partial charge in [-0.15, -0.1) is 0 Å². The summed E-state index contributed by atoms with van der Waals surface area (Å²) in [7, 11) is 0. The van der Waals surface area contributed by atoms with Crippen molar-refractivity contribution >= 4 is 34.5 Å². The first-order valence-electron chi connectivity index (χ1n) is 9.24. The monoisotopic (exact) mass is 374 g/mol. The fraction of sp³-hybridized carbons (Fsp3) is 0.556. The number of carbonyl (C=O) groups excluding carboxylic acids is 1. The molecule has 26 heavy (non-hydrogen) atoms. The second-order valence-electron chi connectivity index (χ2n) is 6.21. The highest BCUT2D eigenvalue weighted by molar-refractivity contribution is 7.99. The standard InChI is InChI=1S/C18H26N6OS/c1-3-8-15(25)19-9-12-24-17-14(13-20-24)16(21-18(22-17)26-4-2)23-10-6-5-7-11-23/h3,8,13H,4-7,9-12H2,1-2H3,(H,19,25). The van der Waals surface area contributed by atoms with Crippen molar-refractivity contribution < 1.29 is 4.79 Å². The number of thioether (sulfide) groups is 1. The van der Waals surface area contributed by atoms with E-state index >= 15 is 0 Å². The van der Waals surface area contributed by atoms with Crippen molar-refractivity contribution in [3.8, 4) is 0 Å². The Bertz CT molecular complexity index is 781. The zero-order chi connectivity index (χ0) is 18.4. The molecule has 3 heterocycles. The molecule has 2 aromatic heterocycles. The fourth-order valence-corrected chi connectivity index (χ4v) is 3.68. The first-order chi connectivity index (χ1) is 12.7. The third kappa shape index (κ3) is 4.35. The zero-order valence-corrected chi connectivity index (χ0v) is 16.3. The van der Waals surface area contributed by atoms with Gasteiger partial charge in [-0.3, -0.25) is 4.79 Å². The van der Waals surface area contributed by atoms with Crippen molar-refractivity contribution in [2.45, 2.75) is 44.8 Å². The number of nitrogens with one attached hydrogen (secondary N) is 1. The summed E-state index contributed by atoms with van der Waals surface area (Å²) < 4.78 is 1.86. The molecule has 3 rings (SSSR count). The molecule has 7 nitrogen and oxygen atoms in total. The molecule has 1 N–H and O–H groups in total. The smallest absolute Gasteiger partial charge is 0.243 e. The number of hydrogen-bond acceptors (Lipinski definition) is 6. The lowest BCUT2D eigenvalue weighted by Gasteiger charge is -2.28. The summed E-state index contributed by atoms with van der Waals surface area (Å²) in [5.41, 5.74) is 0.844. The van der Waals surface area contributed by atoms with E-state index in [9.17, 15) is 4.79 Å². The Labute approximate surface area is 158 Å². The molecule has 0 spiro atoms. The molecule has 140 valence electrons. The average molecular weight is 375 g/mol. The minimum absolute atomic E-state index is 0.0881. The molecule has 1 fully saturated rings. The van der Waals surface area contributed by atoms with Gasteiger partial charge in [0.2, 0.25) is 5.91 Å². The van der Waals surface area contributed by atoms with Crippen LogP contribution in [-0.4, -0.2) is 51.0 Å². The lowest BCUT2D eigenvalue weighted by molar-refractivity contribution is -0.116. The molecule has 0 saturated carbocycles. The van der Waals surface area contributed by atoms with Gasteiger partial charge in [0.05, 0.1) is 18.1 Å².